The van der Waals surface area contributed by atoms with E-state index in [4.69, 9.17) is 21.1 Å². The molecule has 31 heavy (non-hydrogen) atoms. The van der Waals surface area contributed by atoms with Crippen molar-refractivity contribution in [2.24, 2.45) is 5.92 Å². The summed E-state index contributed by atoms with van der Waals surface area (Å²) in [6.07, 6.45) is 4.06. The van der Waals surface area contributed by atoms with Gasteiger partial charge in [-0.2, -0.15) is 0 Å². The maximum absolute atomic E-state index is 12.8. The molecule has 0 N–H and O–H groups in total. The van der Waals surface area contributed by atoms with Gasteiger partial charge in [-0.3, -0.25) is 0 Å². The summed E-state index contributed by atoms with van der Waals surface area (Å²) in [6, 6.07) is 12.1. The highest BCUT2D eigenvalue weighted by Crippen LogP contribution is 2.37. The topological polar surface area (TPSA) is 55.8 Å². The summed E-state index contributed by atoms with van der Waals surface area (Å²) >= 11 is 6.43. The van der Waals surface area contributed by atoms with Crippen LogP contribution in [0.25, 0.3) is 0 Å². The average molecular weight is 464 g/mol. The van der Waals surface area contributed by atoms with E-state index in [1.807, 2.05) is 24.0 Å². The van der Waals surface area contributed by atoms with Crippen molar-refractivity contribution in [3.8, 4) is 5.75 Å². The second-order valence-electron chi connectivity index (χ2n) is 7.35. The molecule has 0 saturated carbocycles. The molecular formula is C24H30ClNO4S. The van der Waals surface area contributed by atoms with Gasteiger partial charge in [-0.05, 0) is 42.2 Å². The zero-order valence-corrected chi connectivity index (χ0v) is 19.7. The Labute approximate surface area is 190 Å². The van der Waals surface area contributed by atoms with E-state index in [9.17, 15) is 8.42 Å². The quantitative estimate of drug-likeness (QED) is 0.303. The Morgan fingerprint density at radius 1 is 1.13 bits per heavy atom. The molecule has 168 valence electrons. The first-order chi connectivity index (χ1) is 14.8. The Hall–Kier alpha value is -2.28. The fraction of sp³-hybridized carbons (Fsp3) is 0.333. The molecule has 0 aliphatic rings. The average Bonchev–Trinajstić information content (AvgIpc) is 2.73. The largest absolute Gasteiger partial charge is 0.465 e. The van der Waals surface area contributed by atoms with Crippen LogP contribution in [0.4, 0.5) is 5.69 Å². The molecule has 0 aromatic heterocycles. The van der Waals surface area contributed by atoms with Gasteiger partial charge < -0.3 is 14.4 Å². The minimum absolute atomic E-state index is 0.0195. The molecule has 5 nitrogen and oxygen atoms in total. The number of hydrogen-bond acceptors (Lipinski definition) is 5. The van der Waals surface area contributed by atoms with E-state index in [0.717, 1.165) is 11.3 Å². The Morgan fingerprint density at radius 2 is 1.77 bits per heavy atom. The molecule has 0 spiro atoms. The SMILES string of the molecule is C=CCN(CC=C)c1cc(Cl)cc(CC(C)CS(=O)(=O)c2ccccc2)c1OCOC. The number of ether oxygens (including phenoxy) is 2. The van der Waals surface area contributed by atoms with Crippen LogP contribution in [0.1, 0.15) is 12.5 Å². The first-order valence-corrected chi connectivity index (χ1v) is 12.0. The van der Waals surface area contributed by atoms with Gasteiger partial charge in [0.15, 0.2) is 16.6 Å². The molecule has 0 radical (unpaired) electrons. The van der Waals surface area contributed by atoms with Gasteiger partial charge in [0.2, 0.25) is 0 Å². The van der Waals surface area contributed by atoms with Crippen molar-refractivity contribution < 1.29 is 17.9 Å². The molecule has 0 fully saturated rings. The molecule has 0 heterocycles. The van der Waals surface area contributed by atoms with Crippen LogP contribution in [0.2, 0.25) is 5.02 Å². The summed E-state index contributed by atoms with van der Waals surface area (Å²) in [7, 11) is -1.85. The van der Waals surface area contributed by atoms with Crippen LogP contribution < -0.4 is 9.64 Å². The van der Waals surface area contributed by atoms with Gasteiger partial charge in [0.25, 0.3) is 0 Å². The van der Waals surface area contributed by atoms with Crippen molar-refractivity contribution in [1.29, 1.82) is 0 Å². The van der Waals surface area contributed by atoms with E-state index in [-0.39, 0.29) is 18.5 Å². The maximum atomic E-state index is 12.8. The van der Waals surface area contributed by atoms with Crippen LogP contribution >= 0.6 is 11.6 Å². The molecule has 0 amide bonds. The first-order valence-electron chi connectivity index (χ1n) is 10.0. The van der Waals surface area contributed by atoms with Gasteiger partial charge in [0, 0.05) is 25.2 Å². The summed E-state index contributed by atoms with van der Waals surface area (Å²) < 4.78 is 36.6. The zero-order chi connectivity index (χ0) is 22.9. The second-order valence-corrected chi connectivity index (χ2v) is 9.82. The number of sulfone groups is 1. The highest BCUT2D eigenvalue weighted by molar-refractivity contribution is 7.91. The van der Waals surface area contributed by atoms with Crippen LogP contribution in [-0.2, 0) is 21.0 Å². The zero-order valence-electron chi connectivity index (χ0n) is 18.1. The molecular weight excluding hydrogens is 434 g/mol. The van der Waals surface area contributed by atoms with E-state index in [1.165, 1.54) is 0 Å². The summed E-state index contributed by atoms with van der Waals surface area (Å²) in [6.45, 7) is 10.8. The van der Waals surface area contributed by atoms with Crippen LogP contribution in [0.15, 0.2) is 72.7 Å². The van der Waals surface area contributed by atoms with E-state index >= 15 is 0 Å². The fourth-order valence-electron chi connectivity index (χ4n) is 3.42. The van der Waals surface area contributed by atoms with Gasteiger partial charge in [-0.15, -0.1) is 13.2 Å². The highest BCUT2D eigenvalue weighted by atomic mass is 35.5. The van der Waals surface area contributed by atoms with Gasteiger partial charge in [-0.25, -0.2) is 8.42 Å². The number of benzene rings is 2. The third-order valence-corrected chi connectivity index (χ3v) is 6.86. The maximum Gasteiger partial charge on any atom is 0.188 e. The minimum atomic E-state index is -3.40. The van der Waals surface area contributed by atoms with Gasteiger partial charge in [-0.1, -0.05) is 48.9 Å². The number of anilines is 1. The molecule has 2 aromatic rings. The lowest BCUT2D eigenvalue weighted by Gasteiger charge is -2.27. The summed E-state index contributed by atoms with van der Waals surface area (Å²) in [5, 5.41) is 0.547. The summed E-state index contributed by atoms with van der Waals surface area (Å²) in [5.41, 5.74) is 1.62. The predicted molar refractivity (Wildman–Crippen MR) is 128 cm³/mol. The van der Waals surface area contributed by atoms with Crippen LogP contribution in [0.3, 0.4) is 0 Å². The van der Waals surface area contributed by atoms with Crippen molar-refractivity contribution >= 4 is 27.1 Å². The summed E-state index contributed by atoms with van der Waals surface area (Å²) in [4.78, 5) is 2.36. The molecule has 1 unspecified atom stereocenters. The highest BCUT2D eigenvalue weighted by Gasteiger charge is 2.22. The van der Waals surface area contributed by atoms with Crippen LogP contribution in [0, 0.1) is 5.92 Å². The Bertz CT molecular complexity index is 967. The molecule has 0 aliphatic heterocycles. The number of methoxy groups -OCH3 is 1. The van der Waals surface area contributed by atoms with Crippen LogP contribution in [-0.4, -0.2) is 41.2 Å². The molecule has 0 aliphatic carbocycles. The minimum Gasteiger partial charge on any atom is -0.465 e. The lowest BCUT2D eigenvalue weighted by molar-refractivity contribution is 0.0506. The Balaban J connectivity index is 2.37. The molecule has 0 bridgehead atoms. The molecule has 2 rings (SSSR count). The third kappa shape index (κ3) is 7.13. The molecule has 7 heteroatoms. The van der Waals surface area contributed by atoms with Crippen molar-refractivity contribution in [3.63, 3.8) is 0 Å². The number of nitrogens with zero attached hydrogens (tertiary/aromatic N) is 1. The van der Waals surface area contributed by atoms with E-state index in [0.29, 0.717) is 35.2 Å². The van der Waals surface area contributed by atoms with Crippen molar-refractivity contribution in [2.75, 3.05) is 37.6 Å². The van der Waals surface area contributed by atoms with E-state index in [1.54, 1.807) is 49.6 Å². The summed E-state index contributed by atoms with van der Waals surface area (Å²) in [5.74, 6) is 0.485. The molecule has 0 saturated heterocycles. The van der Waals surface area contributed by atoms with E-state index in [2.05, 4.69) is 13.2 Å². The Kier molecular flexibility index (Phi) is 9.62. The van der Waals surface area contributed by atoms with Crippen molar-refractivity contribution in [3.05, 3.63) is 78.4 Å². The lowest BCUT2D eigenvalue weighted by Crippen LogP contribution is -2.25. The van der Waals surface area contributed by atoms with E-state index < -0.39 is 9.84 Å². The fourth-order valence-corrected chi connectivity index (χ4v) is 5.29. The van der Waals surface area contributed by atoms with Crippen molar-refractivity contribution in [2.45, 2.75) is 18.2 Å². The van der Waals surface area contributed by atoms with Crippen molar-refractivity contribution in [1.82, 2.24) is 0 Å². The number of hydrogen-bond donors (Lipinski definition) is 0. The van der Waals surface area contributed by atoms with Crippen LogP contribution in [0.5, 0.6) is 5.75 Å². The van der Waals surface area contributed by atoms with Gasteiger partial charge >= 0.3 is 0 Å². The standard InChI is InChI=1S/C24H30ClNO4S/c1-5-12-26(13-6-2)23-16-21(25)15-20(24(23)30-18-29-4)14-19(3)17-31(27,28)22-10-8-7-9-11-22/h5-11,15-16,19H,1-2,12-14,17-18H2,3-4H3. The first kappa shape index (κ1) is 25.0. The monoisotopic (exact) mass is 463 g/mol. The second kappa shape index (κ2) is 11.9. The number of halogens is 1. The normalized spacial score (nSPS) is 12.2. The molecule has 2 aromatic carbocycles. The Morgan fingerprint density at radius 3 is 2.35 bits per heavy atom. The predicted octanol–water partition coefficient (Wildman–Crippen LogP) is 5.15. The number of rotatable bonds is 13. The smallest absolute Gasteiger partial charge is 0.188 e. The van der Waals surface area contributed by atoms with Gasteiger partial charge in [0.1, 0.15) is 5.75 Å². The third-order valence-electron chi connectivity index (χ3n) is 4.65. The van der Waals surface area contributed by atoms with Gasteiger partial charge in [0.05, 0.1) is 16.3 Å². The molecule has 1 atom stereocenters. The lowest BCUT2D eigenvalue weighted by atomic mass is 10.0.